The van der Waals surface area contributed by atoms with E-state index in [1.165, 1.54) is 5.01 Å². The molecule has 3 unspecified atom stereocenters. The van der Waals surface area contributed by atoms with Gasteiger partial charge in [0, 0.05) is 16.8 Å². The van der Waals surface area contributed by atoms with E-state index in [9.17, 15) is 19.5 Å². The van der Waals surface area contributed by atoms with Crippen molar-refractivity contribution in [3.05, 3.63) is 0 Å². The smallest absolute Gasteiger partial charge is 0.322 e. The average molecular weight is 416 g/mol. The summed E-state index contributed by atoms with van der Waals surface area (Å²) in [7, 11) is 0. The minimum atomic E-state index is -0.953. The molecule has 8 heteroatoms. The molecule has 3 aliphatic rings. The largest absolute Gasteiger partial charge is 0.480 e. The Morgan fingerprint density at radius 3 is 2.52 bits per heavy atom. The summed E-state index contributed by atoms with van der Waals surface area (Å²) in [6, 6.07) is -0.654. The molecule has 0 aromatic carbocycles. The first-order valence-electron chi connectivity index (χ1n) is 9.19. The summed E-state index contributed by atoms with van der Waals surface area (Å²) >= 11 is 3.59. The van der Waals surface area contributed by atoms with Crippen LogP contribution in [-0.4, -0.2) is 51.4 Å². The van der Waals surface area contributed by atoms with Crippen LogP contribution in [0, 0.1) is 11.8 Å². The van der Waals surface area contributed by atoms with Gasteiger partial charge in [0.15, 0.2) is 0 Å². The number of hydrazine groups is 1. The van der Waals surface area contributed by atoms with Gasteiger partial charge in [-0.25, -0.2) is 5.43 Å². The van der Waals surface area contributed by atoms with Crippen LogP contribution in [-0.2, 0) is 14.4 Å². The summed E-state index contributed by atoms with van der Waals surface area (Å²) in [6.45, 7) is -0.125. The minimum absolute atomic E-state index is 0.125. The van der Waals surface area contributed by atoms with Crippen molar-refractivity contribution in [1.29, 1.82) is 0 Å². The lowest BCUT2D eigenvalue weighted by Gasteiger charge is -2.44. The Bertz CT molecular complexity index is 534. The third kappa shape index (κ3) is 4.34. The van der Waals surface area contributed by atoms with E-state index in [2.05, 4.69) is 26.7 Å². The number of carboxylic acid groups (broad SMARTS) is 1. The highest BCUT2D eigenvalue weighted by Crippen LogP contribution is 2.36. The van der Waals surface area contributed by atoms with Crippen LogP contribution in [0.1, 0.15) is 51.4 Å². The van der Waals surface area contributed by atoms with E-state index in [-0.39, 0.29) is 36.2 Å². The number of halogens is 1. The van der Waals surface area contributed by atoms with Gasteiger partial charge in [0.25, 0.3) is 0 Å². The highest BCUT2D eigenvalue weighted by atomic mass is 79.9. The van der Waals surface area contributed by atoms with Gasteiger partial charge in [-0.3, -0.25) is 19.4 Å². The van der Waals surface area contributed by atoms with Gasteiger partial charge in [0.2, 0.25) is 11.8 Å². The van der Waals surface area contributed by atoms with E-state index in [4.69, 9.17) is 0 Å². The van der Waals surface area contributed by atoms with Crippen molar-refractivity contribution in [2.45, 2.75) is 68.3 Å². The second-order valence-corrected chi connectivity index (χ2v) is 8.74. The zero-order valence-corrected chi connectivity index (χ0v) is 15.8. The van der Waals surface area contributed by atoms with Crippen molar-refractivity contribution in [3.8, 4) is 0 Å². The third-order valence-electron chi connectivity index (χ3n) is 5.72. The maximum atomic E-state index is 12.7. The standard InChI is InChI=1S/C17H26BrN3O4/c18-10-5-7-11(8-6-10)19-14(22)9-21-16(23)13-4-2-1-3-12(13)15(20-21)17(24)25/h10-13,15,20H,1-9H2,(H,19,22)(H,24,25). The lowest BCUT2D eigenvalue weighted by Crippen LogP contribution is -2.65. The number of rotatable bonds is 4. The van der Waals surface area contributed by atoms with Crippen LogP contribution < -0.4 is 10.7 Å². The second-order valence-electron chi connectivity index (χ2n) is 7.44. The number of fused-ring (bicyclic) bond motifs is 1. The molecule has 3 atom stereocenters. The van der Waals surface area contributed by atoms with Crippen molar-refractivity contribution in [2.24, 2.45) is 11.8 Å². The first-order chi connectivity index (χ1) is 12.0. The topological polar surface area (TPSA) is 98.7 Å². The van der Waals surface area contributed by atoms with Crippen molar-refractivity contribution in [2.75, 3.05) is 6.54 Å². The van der Waals surface area contributed by atoms with Gasteiger partial charge in [0.1, 0.15) is 12.6 Å². The third-order valence-corrected chi connectivity index (χ3v) is 6.63. The number of nitrogens with one attached hydrogen (secondary N) is 2. The number of hydrogen-bond acceptors (Lipinski definition) is 4. The summed E-state index contributed by atoms with van der Waals surface area (Å²) in [6.07, 6.45) is 7.24. The maximum Gasteiger partial charge on any atom is 0.322 e. The fraction of sp³-hybridized carbons (Fsp3) is 0.824. The Morgan fingerprint density at radius 2 is 1.84 bits per heavy atom. The van der Waals surface area contributed by atoms with Crippen LogP contribution in [0.4, 0.5) is 0 Å². The molecule has 2 aliphatic carbocycles. The SMILES string of the molecule is O=C(CN1NC(C(=O)O)C2CCCCC2C1=O)NC1CCC(Br)CC1. The summed E-state index contributed by atoms with van der Waals surface area (Å²) in [5, 5.41) is 13.7. The Morgan fingerprint density at radius 1 is 1.16 bits per heavy atom. The molecule has 7 nitrogen and oxygen atoms in total. The minimum Gasteiger partial charge on any atom is -0.480 e. The van der Waals surface area contributed by atoms with Crippen molar-refractivity contribution < 1.29 is 19.5 Å². The molecule has 2 amide bonds. The molecule has 0 radical (unpaired) electrons. The molecule has 140 valence electrons. The molecule has 3 rings (SSSR count). The van der Waals surface area contributed by atoms with Crippen LogP contribution in [0.15, 0.2) is 0 Å². The number of carbonyl (C=O) groups is 3. The fourth-order valence-electron chi connectivity index (χ4n) is 4.37. The van der Waals surface area contributed by atoms with E-state index in [0.717, 1.165) is 44.9 Å². The molecule has 1 heterocycles. The molecule has 3 N–H and O–H groups in total. The van der Waals surface area contributed by atoms with E-state index < -0.39 is 12.0 Å². The van der Waals surface area contributed by atoms with E-state index in [1.807, 2.05) is 0 Å². The predicted octanol–water partition coefficient (Wildman–Crippen LogP) is 1.42. The lowest BCUT2D eigenvalue weighted by molar-refractivity contribution is -0.161. The molecular formula is C17H26BrN3O4. The Hall–Kier alpha value is -1.15. The first-order valence-corrected chi connectivity index (χ1v) is 10.1. The molecule has 0 spiro atoms. The van der Waals surface area contributed by atoms with Gasteiger partial charge < -0.3 is 10.4 Å². The zero-order valence-electron chi connectivity index (χ0n) is 14.2. The average Bonchev–Trinajstić information content (AvgIpc) is 2.59. The van der Waals surface area contributed by atoms with Crippen LogP contribution in [0.25, 0.3) is 0 Å². The Kier molecular flexibility index (Phi) is 5.99. The van der Waals surface area contributed by atoms with Gasteiger partial charge in [-0.15, -0.1) is 0 Å². The number of carboxylic acids is 1. The fourth-order valence-corrected chi connectivity index (χ4v) is 4.90. The molecule has 25 heavy (non-hydrogen) atoms. The highest BCUT2D eigenvalue weighted by molar-refractivity contribution is 9.09. The molecule has 0 aromatic rings. The summed E-state index contributed by atoms with van der Waals surface area (Å²) in [4.78, 5) is 37.1. The van der Waals surface area contributed by atoms with Crippen LogP contribution in [0.2, 0.25) is 0 Å². The van der Waals surface area contributed by atoms with Gasteiger partial charge in [-0.2, -0.15) is 0 Å². The summed E-state index contributed by atoms with van der Waals surface area (Å²) in [5.74, 6) is -1.77. The van der Waals surface area contributed by atoms with Crippen molar-refractivity contribution >= 4 is 33.7 Å². The van der Waals surface area contributed by atoms with Crippen molar-refractivity contribution in [3.63, 3.8) is 0 Å². The number of aliphatic carboxylic acids is 1. The van der Waals surface area contributed by atoms with E-state index in [0.29, 0.717) is 11.2 Å². The number of hydrogen-bond donors (Lipinski definition) is 3. The summed E-state index contributed by atoms with van der Waals surface area (Å²) < 4.78 is 0. The molecule has 0 bridgehead atoms. The van der Waals surface area contributed by atoms with Crippen LogP contribution in [0.5, 0.6) is 0 Å². The van der Waals surface area contributed by atoms with Crippen molar-refractivity contribution in [1.82, 2.24) is 15.8 Å². The normalized spacial score (nSPS) is 35.8. The number of nitrogens with zero attached hydrogens (tertiary/aromatic N) is 1. The molecule has 0 aromatic heterocycles. The molecule has 1 aliphatic heterocycles. The summed E-state index contributed by atoms with van der Waals surface area (Å²) in [5.41, 5.74) is 2.79. The predicted molar refractivity (Wildman–Crippen MR) is 94.8 cm³/mol. The quantitative estimate of drug-likeness (QED) is 0.602. The number of alkyl halides is 1. The van der Waals surface area contributed by atoms with Gasteiger partial charge >= 0.3 is 5.97 Å². The first kappa shape index (κ1) is 18.6. The molecule has 1 saturated heterocycles. The maximum absolute atomic E-state index is 12.7. The van der Waals surface area contributed by atoms with E-state index >= 15 is 0 Å². The molecule has 3 fully saturated rings. The monoisotopic (exact) mass is 415 g/mol. The highest BCUT2D eigenvalue weighted by Gasteiger charge is 2.46. The van der Waals surface area contributed by atoms with Gasteiger partial charge in [-0.05, 0) is 44.4 Å². The Labute approximate surface area is 156 Å². The number of carbonyl (C=O) groups excluding carboxylic acids is 2. The molecular weight excluding hydrogens is 390 g/mol. The second kappa shape index (κ2) is 8.03. The Balaban J connectivity index is 1.60. The lowest BCUT2D eigenvalue weighted by atomic mass is 9.73. The van der Waals surface area contributed by atoms with E-state index in [1.54, 1.807) is 0 Å². The zero-order chi connectivity index (χ0) is 18.0. The van der Waals surface area contributed by atoms with Gasteiger partial charge in [-0.1, -0.05) is 28.8 Å². The molecule has 2 saturated carbocycles. The number of amides is 2. The van der Waals surface area contributed by atoms with Crippen LogP contribution >= 0.6 is 15.9 Å². The van der Waals surface area contributed by atoms with Crippen LogP contribution in [0.3, 0.4) is 0 Å². The van der Waals surface area contributed by atoms with Gasteiger partial charge in [0.05, 0.1) is 0 Å².